The van der Waals surface area contributed by atoms with Crippen LogP contribution in [-0.4, -0.2) is 118 Å². The number of hydrogen-bond acceptors (Lipinski definition) is 16. The summed E-state index contributed by atoms with van der Waals surface area (Å²) >= 11 is 5.43. The number of fused-ring (bicyclic) bond motifs is 1. The van der Waals surface area contributed by atoms with Crippen molar-refractivity contribution in [1.29, 1.82) is 0 Å². The first-order valence-electron chi connectivity index (χ1n) is 32.0. The van der Waals surface area contributed by atoms with Gasteiger partial charge in [-0.3, -0.25) is 0 Å². The Morgan fingerprint density at radius 2 is 0.699 bits per heavy atom. The standard InChI is InChI=1S/C77H82O15S/c1-2-43-80-75-71(68(83-48-58-35-19-7-20-36-58)65(81-46-56-31-15-5-16-32-56)62(87-75)51-78-44-54-27-11-3-12-28-54)91-76-72(92-77-73(93)70(85-50-60-39-23-9-24-40-60)67-64(89-77)53-86-74(90-67)61-41-25-10-26-42-61)69(84-49-59-37-21-8-22-38-59)66(82-47-57-33-17-6-18-34-57)63(88-76)52-79-45-55-29-13-4-14-30-55/h2-42,62-77,93H,1,43-53H2/t62-,63-,64-,65-,66-,67-,68+,69+,70+,71+,72+,73+,74-,75-,76+,77+/m1/s1. The third-order valence-electron chi connectivity index (χ3n) is 16.7. The lowest BCUT2D eigenvalue weighted by Gasteiger charge is -2.52. The van der Waals surface area contributed by atoms with Crippen LogP contribution in [0, 0.1) is 0 Å². The SMILES string of the molecule is C=CCO[C@@H]1O[C@H](COCc2ccccc2)[C@@H](OCc2ccccc2)[C@H](OCc2ccccc2)[C@@H]1O[C@@H]1O[C@H](COCc2ccccc2)[C@@H](OCc2ccccc2)[C@H](OCc2ccccc2)[C@@H]1O[C@@H]1O[C@@H]2CO[C@@H](c3ccccc3)O[C@H]2[C@H](OCc2ccccc2)[C@@H]1S. The topological polar surface area (TPSA) is 138 Å². The molecule has 15 nitrogen and oxygen atoms in total. The van der Waals surface area contributed by atoms with E-state index in [0.717, 1.165) is 44.5 Å². The number of thiol groups is 1. The van der Waals surface area contributed by atoms with Crippen LogP contribution in [0.25, 0.3) is 0 Å². The predicted octanol–water partition coefficient (Wildman–Crippen LogP) is 12.9. The molecular weight excluding hydrogens is 1200 g/mol. The van der Waals surface area contributed by atoms with E-state index in [1.165, 1.54) is 0 Å². The van der Waals surface area contributed by atoms with Gasteiger partial charge in [0.05, 0.1) is 77.9 Å². The lowest BCUT2D eigenvalue weighted by atomic mass is 9.95. The molecule has 0 radical (unpaired) electrons. The molecule has 0 saturated carbocycles. The smallest absolute Gasteiger partial charge is 0.187 e. The molecule has 4 heterocycles. The molecule has 16 heteroatoms. The maximum atomic E-state index is 7.70. The molecule has 12 rings (SSSR count). The zero-order chi connectivity index (χ0) is 63.2. The Morgan fingerprint density at radius 1 is 0.355 bits per heavy atom. The lowest BCUT2D eigenvalue weighted by Crippen LogP contribution is -2.68. The largest absolute Gasteiger partial charge is 0.374 e. The molecule has 4 fully saturated rings. The van der Waals surface area contributed by atoms with E-state index in [4.69, 9.17) is 83.7 Å². The van der Waals surface area contributed by atoms with Gasteiger partial charge in [0.15, 0.2) is 25.2 Å². The van der Waals surface area contributed by atoms with Crippen LogP contribution in [0.15, 0.2) is 255 Å². The highest BCUT2D eigenvalue weighted by molar-refractivity contribution is 7.81. The quantitative estimate of drug-likeness (QED) is 0.0325. The maximum Gasteiger partial charge on any atom is 0.187 e. The summed E-state index contributed by atoms with van der Waals surface area (Å²) in [6, 6.07) is 79.7. The second-order valence-corrected chi connectivity index (χ2v) is 24.0. The minimum absolute atomic E-state index is 0.0484. The minimum atomic E-state index is -1.34. The maximum absolute atomic E-state index is 7.70. The molecule has 16 atom stereocenters. The summed E-state index contributed by atoms with van der Waals surface area (Å²) in [5.74, 6) is 0. The molecule has 0 N–H and O–H groups in total. The summed E-state index contributed by atoms with van der Waals surface area (Å²) in [6.45, 7) is 6.02. The third-order valence-corrected chi connectivity index (χ3v) is 17.3. The lowest BCUT2D eigenvalue weighted by molar-refractivity contribution is -0.401. The Hall–Kier alpha value is -6.75. The summed E-state index contributed by atoms with van der Waals surface area (Å²) in [6.07, 6.45) is -12.1. The number of benzene rings is 8. The van der Waals surface area contributed by atoms with Crippen molar-refractivity contribution in [2.45, 2.75) is 144 Å². The number of ether oxygens (including phenoxy) is 15. The van der Waals surface area contributed by atoms with Crippen molar-refractivity contribution in [3.05, 3.63) is 300 Å². The molecule has 8 aromatic rings. The van der Waals surface area contributed by atoms with Crippen molar-refractivity contribution >= 4 is 12.6 Å². The van der Waals surface area contributed by atoms with E-state index in [-0.39, 0.29) is 66.1 Å². The Bertz CT molecular complexity index is 3390. The highest BCUT2D eigenvalue weighted by Gasteiger charge is 2.58. The second kappa shape index (κ2) is 34.6. The highest BCUT2D eigenvalue weighted by atomic mass is 32.1. The molecule has 4 saturated heterocycles. The fourth-order valence-electron chi connectivity index (χ4n) is 12.0. The van der Waals surface area contributed by atoms with Gasteiger partial charge in [-0.05, 0) is 38.9 Å². The number of rotatable bonds is 31. The van der Waals surface area contributed by atoms with Crippen LogP contribution in [0.4, 0.5) is 0 Å². The summed E-state index contributed by atoms with van der Waals surface area (Å²) in [5, 5.41) is -0.786. The molecular formula is C77H82O15S. The van der Waals surface area contributed by atoms with E-state index < -0.39 is 97.6 Å². The average molecular weight is 1280 g/mol. The van der Waals surface area contributed by atoms with E-state index in [1.54, 1.807) is 6.08 Å². The second-order valence-electron chi connectivity index (χ2n) is 23.4. The fraction of sp³-hybridized carbons (Fsp3) is 0.351. The zero-order valence-electron chi connectivity index (χ0n) is 52.0. The first-order valence-corrected chi connectivity index (χ1v) is 32.5. The van der Waals surface area contributed by atoms with Crippen LogP contribution in [-0.2, 0) is 117 Å². The van der Waals surface area contributed by atoms with Crippen LogP contribution in [0.1, 0.15) is 50.8 Å². The fourth-order valence-corrected chi connectivity index (χ4v) is 12.4. The van der Waals surface area contributed by atoms with Gasteiger partial charge in [0.25, 0.3) is 0 Å². The van der Waals surface area contributed by atoms with Crippen LogP contribution in [0.5, 0.6) is 0 Å². The van der Waals surface area contributed by atoms with Crippen molar-refractivity contribution in [3.63, 3.8) is 0 Å². The summed E-state index contributed by atoms with van der Waals surface area (Å²) in [7, 11) is 0. The van der Waals surface area contributed by atoms with Gasteiger partial charge in [0.2, 0.25) is 0 Å². The van der Waals surface area contributed by atoms with E-state index >= 15 is 0 Å². The molecule has 4 aliphatic heterocycles. The molecule has 0 aromatic heterocycles. The molecule has 4 aliphatic rings. The summed E-state index contributed by atoms with van der Waals surface area (Å²) in [4.78, 5) is 0. The van der Waals surface area contributed by atoms with E-state index in [0.29, 0.717) is 6.61 Å². The van der Waals surface area contributed by atoms with Crippen molar-refractivity contribution in [1.82, 2.24) is 0 Å². The average Bonchev–Trinajstić information content (AvgIpc) is 0.986. The normalized spacial score (nSPS) is 27.8. The molecule has 8 aromatic carbocycles. The van der Waals surface area contributed by atoms with Crippen molar-refractivity contribution < 1.29 is 71.1 Å². The summed E-state index contributed by atoms with van der Waals surface area (Å²) < 4.78 is 106. The van der Waals surface area contributed by atoms with Crippen LogP contribution >= 0.6 is 12.6 Å². The van der Waals surface area contributed by atoms with Crippen LogP contribution < -0.4 is 0 Å². The Balaban J connectivity index is 0.953. The van der Waals surface area contributed by atoms with Crippen molar-refractivity contribution in [3.8, 4) is 0 Å². The van der Waals surface area contributed by atoms with Gasteiger partial charge in [-0.15, -0.1) is 6.58 Å². The monoisotopic (exact) mass is 1280 g/mol. The molecule has 0 unspecified atom stereocenters. The molecule has 93 heavy (non-hydrogen) atoms. The van der Waals surface area contributed by atoms with Crippen LogP contribution in [0.3, 0.4) is 0 Å². The molecule has 0 aliphatic carbocycles. The van der Waals surface area contributed by atoms with Crippen molar-refractivity contribution in [2.75, 3.05) is 26.4 Å². The minimum Gasteiger partial charge on any atom is -0.374 e. The van der Waals surface area contributed by atoms with E-state index in [9.17, 15) is 0 Å². The Kier molecular flexibility index (Phi) is 24.7. The highest BCUT2D eigenvalue weighted by Crippen LogP contribution is 2.42. The van der Waals surface area contributed by atoms with Crippen LogP contribution in [0.2, 0.25) is 0 Å². The van der Waals surface area contributed by atoms with Crippen molar-refractivity contribution in [2.24, 2.45) is 0 Å². The van der Waals surface area contributed by atoms with Gasteiger partial charge < -0.3 is 71.1 Å². The van der Waals surface area contributed by atoms with Gasteiger partial charge >= 0.3 is 0 Å². The Labute approximate surface area is 551 Å². The van der Waals surface area contributed by atoms with Gasteiger partial charge in [-0.2, -0.15) is 12.6 Å². The third kappa shape index (κ3) is 18.4. The molecule has 0 bridgehead atoms. The Morgan fingerprint density at radius 3 is 1.11 bits per heavy atom. The van der Waals surface area contributed by atoms with E-state index in [1.807, 2.05) is 243 Å². The zero-order valence-corrected chi connectivity index (χ0v) is 52.9. The van der Waals surface area contributed by atoms with Gasteiger partial charge in [-0.25, -0.2) is 0 Å². The van der Waals surface area contributed by atoms with Gasteiger partial charge in [0, 0.05) is 5.56 Å². The predicted molar refractivity (Wildman–Crippen MR) is 352 cm³/mol. The first kappa shape index (κ1) is 66.3. The molecule has 486 valence electrons. The van der Waals surface area contributed by atoms with Gasteiger partial charge in [-0.1, -0.05) is 249 Å². The molecule has 0 spiro atoms. The first-order chi connectivity index (χ1) is 46.0. The van der Waals surface area contributed by atoms with Gasteiger partial charge in [0.1, 0.15) is 67.1 Å². The summed E-state index contributed by atoms with van der Waals surface area (Å²) in [5.41, 5.74) is 7.52. The number of hydrogen-bond donors (Lipinski definition) is 1. The molecule has 0 amide bonds. The van der Waals surface area contributed by atoms with E-state index in [2.05, 4.69) is 6.58 Å².